The molecular formula is C17H15NO2. The van der Waals surface area contributed by atoms with Crippen molar-refractivity contribution in [3.8, 4) is 11.1 Å². The van der Waals surface area contributed by atoms with Crippen molar-refractivity contribution in [1.29, 1.82) is 0 Å². The third-order valence-corrected chi connectivity index (χ3v) is 3.55. The number of carbonyl (C=O) groups excluding carboxylic acids is 1. The molecule has 1 heterocycles. The van der Waals surface area contributed by atoms with Crippen LogP contribution in [-0.2, 0) is 4.74 Å². The Labute approximate surface area is 117 Å². The second kappa shape index (κ2) is 4.85. The molecule has 100 valence electrons. The van der Waals surface area contributed by atoms with Crippen LogP contribution in [0.2, 0.25) is 0 Å². The summed E-state index contributed by atoms with van der Waals surface area (Å²) in [7, 11) is 1.40. The summed E-state index contributed by atoms with van der Waals surface area (Å²) in [5.41, 5.74) is 3.34. The monoisotopic (exact) mass is 265 g/mol. The van der Waals surface area contributed by atoms with E-state index in [1.165, 1.54) is 7.11 Å². The summed E-state index contributed by atoms with van der Waals surface area (Å²) in [5, 5.41) is 2.28. The van der Waals surface area contributed by atoms with Gasteiger partial charge in [-0.2, -0.15) is 0 Å². The highest BCUT2D eigenvalue weighted by atomic mass is 16.5. The standard InChI is InChI=1S/C17H15NO2/c1-11-16(17(19)20-2)15(10-18-11)14-9-5-7-12-6-3-4-8-13(12)14/h3-10,18H,1-2H3. The van der Waals surface area contributed by atoms with Gasteiger partial charge >= 0.3 is 5.97 Å². The zero-order valence-electron chi connectivity index (χ0n) is 11.4. The molecular weight excluding hydrogens is 250 g/mol. The summed E-state index contributed by atoms with van der Waals surface area (Å²) in [6.07, 6.45) is 1.86. The van der Waals surface area contributed by atoms with Gasteiger partial charge in [0.25, 0.3) is 0 Å². The van der Waals surface area contributed by atoms with Gasteiger partial charge < -0.3 is 9.72 Å². The molecule has 0 spiro atoms. The number of methoxy groups -OCH3 is 1. The molecule has 3 rings (SSSR count). The Morgan fingerprint density at radius 1 is 1.05 bits per heavy atom. The molecule has 0 aliphatic rings. The van der Waals surface area contributed by atoms with Gasteiger partial charge in [-0.05, 0) is 23.3 Å². The smallest absolute Gasteiger partial charge is 0.340 e. The van der Waals surface area contributed by atoms with Crippen molar-refractivity contribution in [3.05, 3.63) is 59.9 Å². The number of aromatic amines is 1. The molecule has 20 heavy (non-hydrogen) atoms. The van der Waals surface area contributed by atoms with Gasteiger partial charge in [0.2, 0.25) is 0 Å². The molecule has 0 saturated carbocycles. The van der Waals surface area contributed by atoms with E-state index in [1.54, 1.807) is 0 Å². The second-order valence-corrected chi connectivity index (χ2v) is 4.72. The maximum absolute atomic E-state index is 12.0. The van der Waals surface area contributed by atoms with E-state index in [9.17, 15) is 4.79 Å². The van der Waals surface area contributed by atoms with Crippen LogP contribution in [0.4, 0.5) is 0 Å². The van der Waals surface area contributed by atoms with E-state index in [0.717, 1.165) is 27.6 Å². The zero-order chi connectivity index (χ0) is 14.1. The van der Waals surface area contributed by atoms with Crippen LogP contribution in [0.25, 0.3) is 21.9 Å². The Morgan fingerprint density at radius 3 is 2.60 bits per heavy atom. The number of carbonyl (C=O) groups is 1. The molecule has 1 aromatic heterocycles. The Bertz CT molecular complexity index is 781. The maximum Gasteiger partial charge on any atom is 0.340 e. The molecule has 3 aromatic rings. The topological polar surface area (TPSA) is 42.1 Å². The number of esters is 1. The van der Waals surface area contributed by atoms with E-state index < -0.39 is 0 Å². The van der Waals surface area contributed by atoms with Crippen LogP contribution in [0.1, 0.15) is 16.1 Å². The van der Waals surface area contributed by atoms with Crippen LogP contribution in [-0.4, -0.2) is 18.1 Å². The third kappa shape index (κ3) is 1.88. The van der Waals surface area contributed by atoms with Crippen molar-refractivity contribution in [2.75, 3.05) is 7.11 Å². The van der Waals surface area contributed by atoms with Crippen molar-refractivity contribution >= 4 is 16.7 Å². The summed E-state index contributed by atoms with van der Waals surface area (Å²) in [4.78, 5) is 15.1. The van der Waals surface area contributed by atoms with Crippen LogP contribution >= 0.6 is 0 Å². The fraction of sp³-hybridized carbons (Fsp3) is 0.118. The highest BCUT2D eigenvalue weighted by Gasteiger charge is 2.19. The number of rotatable bonds is 2. The molecule has 0 amide bonds. The molecule has 3 heteroatoms. The summed E-state index contributed by atoms with van der Waals surface area (Å²) in [5.74, 6) is -0.313. The van der Waals surface area contributed by atoms with Gasteiger partial charge in [-0.25, -0.2) is 4.79 Å². The number of benzene rings is 2. The minimum Gasteiger partial charge on any atom is -0.465 e. The highest BCUT2D eigenvalue weighted by Crippen LogP contribution is 2.32. The first-order valence-corrected chi connectivity index (χ1v) is 6.47. The fourth-order valence-corrected chi connectivity index (χ4v) is 2.56. The normalized spacial score (nSPS) is 10.7. The number of ether oxygens (including phenoxy) is 1. The van der Waals surface area contributed by atoms with E-state index in [1.807, 2.05) is 37.4 Å². The molecule has 3 nitrogen and oxygen atoms in total. The van der Waals surface area contributed by atoms with Crippen LogP contribution in [0, 0.1) is 6.92 Å². The highest BCUT2D eigenvalue weighted by molar-refractivity contribution is 6.04. The van der Waals surface area contributed by atoms with E-state index in [2.05, 4.69) is 23.2 Å². The molecule has 0 saturated heterocycles. The third-order valence-electron chi connectivity index (χ3n) is 3.55. The van der Waals surface area contributed by atoms with Gasteiger partial charge in [0, 0.05) is 17.5 Å². The van der Waals surface area contributed by atoms with Gasteiger partial charge in [-0.3, -0.25) is 0 Å². The molecule has 0 fully saturated rings. The number of hydrogen-bond donors (Lipinski definition) is 1. The molecule has 1 N–H and O–H groups in total. The number of aromatic nitrogens is 1. The Hall–Kier alpha value is -2.55. The van der Waals surface area contributed by atoms with E-state index in [0.29, 0.717) is 5.56 Å². The molecule has 0 unspecified atom stereocenters. The second-order valence-electron chi connectivity index (χ2n) is 4.72. The summed E-state index contributed by atoms with van der Waals surface area (Å²) < 4.78 is 4.89. The lowest BCUT2D eigenvalue weighted by Crippen LogP contribution is -2.03. The molecule has 0 atom stereocenters. The van der Waals surface area contributed by atoms with Crippen LogP contribution < -0.4 is 0 Å². The van der Waals surface area contributed by atoms with E-state index in [4.69, 9.17) is 4.74 Å². The number of hydrogen-bond acceptors (Lipinski definition) is 2. The zero-order valence-corrected chi connectivity index (χ0v) is 11.4. The van der Waals surface area contributed by atoms with Crippen molar-refractivity contribution in [2.24, 2.45) is 0 Å². The fourth-order valence-electron chi connectivity index (χ4n) is 2.56. The summed E-state index contributed by atoms with van der Waals surface area (Å²) >= 11 is 0. The van der Waals surface area contributed by atoms with Gasteiger partial charge in [0.15, 0.2) is 0 Å². The first kappa shape index (κ1) is 12.5. The average molecular weight is 265 g/mol. The van der Waals surface area contributed by atoms with Gasteiger partial charge in [-0.1, -0.05) is 42.5 Å². The summed E-state index contributed by atoms with van der Waals surface area (Å²) in [6.45, 7) is 1.88. The van der Waals surface area contributed by atoms with Crippen molar-refractivity contribution < 1.29 is 9.53 Å². The predicted octanol–water partition coefficient (Wildman–Crippen LogP) is 3.93. The lowest BCUT2D eigenvalue weighted by atomic mass is 9.97. The minimum atomic E-state index is -0.313. The SMILES string of the molecule is COC(=O)c1c(-c2cccc3ccccc23)c[nH]c1C. The summed E-state index contributed by atoms with van der Waals surface area (Å²) in [6, 6.07) is 14.2. The minimum absolute atomic E-state index is 0.313. The first-order chi connectivity index (χ1) is 9.72. The molecule has 0 bridgehead atoms. The van der Waals surface area contributed by atoms with Crippen molar-refractivity contribution in [2.45, 2.75) is 6.92 Å². The lowest BCUT2D eigenvalue weighted by molar-refractivity contribution is 0.0601. The maximum atomic E-state index is 12.0. The Morgan fingerprint density at radius 2 is 1.80 bits per heavy atom. The van der Waals surface area contributed by atoms with Crippen molar-refractivity contribution in [1.82, 2.24) is 4.98 Å². The number of nitrogens with one attached hydrogen (secondary N) is 1. The lowest BCUT2D eigenvalue weighted by Gasteiger charge is -2.07. The Balaban J connectivity index is 2.29. The predicted molar refractivity (Wildman–Crippen MR) is 79.8 cm³/mol. The first-order valence-electron chi connectivity index (χ1n) is 6.47. The van der Waals surface area contributed by atoms with E-state index in [-0.39, 0.29) is 5.97 Å². The number of aryl methyl sites for hydroxylation is 1. The molecule has 0 aliphatic carbocycles. The Kier molecular flexibility index (Phi) is 3.03. The van der Waals surface area contributed by atoms with Crippen molar-refractivity contribution in [3.63, 3.8) is 0 Å². The average Bonchev–Trinajstić information content (AvgIpc) is 2.87. The number of H-pyrrole nitrogens is 1. The van der Waals surface area contributed by atoms with Gasteiger partial charge in [-0.15, -0.1) is 0 Å². The van der Waals surface area contributed by atoms with Crippen LogP contribution in [0.15, 0.2) is 48.7 Å². The van der Waals surface area contributed by atoms with Gasteiger partial charge in [0.05, 0.1) is 12.7 Å². The largest absolute Gasteiger partial charge is 0.465 e. The quantitative estimate of drug-likeness (QED) is 0.713. The van der Waals surface area contributed by atoms with E-state index >= 15 is 0 Å². The van der Waals surface area contributed by atoms with Gasteiger partial charge in [0.1, 0.15) is 0 Å². The molecule has 0 aliphatic heterocycles. The van der Waals surface area contributed by atoms with Crippen LogP contribution in [0.3, 0.4) is 0 Å². The molecule has 2 aromatic carbocycles. The van der Waals surface area contributed by atoms with Crippen LogP contribution in [0.5, 0.6) is 0 Å². The molecule has 0 radical (unpaired) electrons. The number of fused-ring (bicyclic) bond motifs is 1.